The minimum atomic E-state index is -0.0705. The van der Waals surface area contributed by atoms with Gasteiger partial charge in [-0.3, -0.25) is 4.79 Å². The van der Waals surface area contributed by atoms with Crippen LogP contribution in [0.5, 0.6) is 0 Å². The summed E-state index contributed by atoms with van der Waals surface area (Å²) in [6.07, 6.45) is -0.0705. The van der Waals surface area contributed by atoms with Crippen molar-refractivity contribution in [1.29, 1.82) is 0 Å². The molecule has 1 atom stereocenters. The molecule has 2 aromatic rings. The molecule has 0 aliphatic rings. The molecule has 2 nitrogen and oxygen atoms in total. The molecule has 92 valence electrons. The van der Waals surface area contributed by atoms with Gasteiger partial charge in [-0.05, 0) is 12.5 Å². The van der Waals surface area contributed by atoms with Gasteiger partial charge in [0.2, 0.25) is 0 Å². The number of carbonyl (C=O) groups excluding carboxylic acids is 1. The summed E-state index contributed by atoms with van der Waals surface area (Å²) in [6.45, 7) is 2.06. The molecular formula is C16H16O2. The first kappa shape index (κ1) is 12.5. The standard InChI is InChI=1S/C16H16O2/c1-13(14-8-4-2-5-9-14)18-12-16(17)15-10-6-3-7-11-15/h2-11,13H,12H2,1H3. The SMILES string of the molecule is CC(OCC(=O)c1ccccc1)c1ccccc1. The van der Waals surface area contributed by atoms with Gasteiger partial charge in [0.05, 0.1) is 6.10 Å². The van der Waals surface area contributed by atoms with Crippen LogP contribution in [0, 0.1) is 0 Å². The van der Waals surface area contributed by atoms with Crippen LogP contribution in [0.3, 0.4) is 0 Å². The molecule has 2 heteroatoms. The summed E-state index contributed by atoms with van der Waals surface area (Å²) in [5, 5.41) is 0. The Hall–Kier alpha value is -1.93. The lowest BCUT2D eigenvalue weighted by Gasteiger charge is -2.12. The summed E-state index contributed by atoms with van der Waals surface area (Å²) in [5.74, 6) is 0.0124. The van der Waals surface area contributed by atoms with Crippen molar-refractivity contribution in [2.75, 3.05) is 6.61 Å². The molecule has 0 N–H and O–H groups in total. The normalized spacial score (nSPS) is 12.1. The third kappa shape index (κ3) is 3.28. The fourth-order valence-corrected chi connectivity index (χ4v) is 1.73. The lowest BCUT2D eigenvalue weighted by molar-refractivity contribution is 0.0521. The second kappa shape index (κ2) is 6.12. The molecule has 0 fully saturated rings. The molecule has 0 bridgehead atoms. The molecule has 18 heavy (non-hydrogen) atoms. The molecule has 2 aromatic carbocycles. The maximum Gasteiger partial charge on any atom is 0.188 e. The first-order valence-electron chi connectivity index (χ1n) is 6.02. The van der Waals surface area contributed by atoms with Gasteiger partial charge in [-0.15, -0.1) is 0 Å². The van der Waals surface area contributed by atoms with Crippen LogP contribution in [0.1, 0.15) is 28.9 Å². The van der Waals surface area contributed by atoms with Crippen LogP contribution in [0.15, 0.2) is 60.7 Å². The van der Waals surface area contributed by atoms with Crippen molar-refractivity contribution in [2.45, 2.75) is 13.0 Å². The lowest BCUT2D eigenvalue weighted by atomic mass is 10.1. The average Bonchev–Trinajstić information content (AvgIpc) is 2.46. The number of rotatable bonds is 5. The van der Waals surface area contributed by atoms with E-state index in [1.165, 1.54) is 0 Å². The zero-order valence-corrected chi connectivity index (χ0v) is 10.4. The summed E-state index contributed by atoms with van der Waals surface area (Å²) in [6, 6.07) is 19.1. The minimum Gasteiger partial charge on any atom is -0.366 e. The largest absolute Gasteiger partial charge is 0.366 e. The third-order valence-corrected chi connectivity index (χ3v) is 2.83. The highest BCUT2D eigenvalue weighted by atomic mass is 16.5. The molecule has 0 saturated heterocycles. The quantitative estimate of drug-likeness (QED) is 0.746. The number of Topliss-reactive ketones (excluding diaryl/α,β-unsaturated/α-hetero) is 1. The van der Waals surface area contributed by atoms with Gasteiger partial charge in [0.25, 0.3) is 0 Å². The van der Waals surface area contributed by atoms with Crippen LogP contribution < -0.4 is 0 Å². The van der Waals surface area contributed by atoms with Gasteiger partial charge in [0.1, 0.15) is 6.61 Å². The Bertz CT molecular complexity index is 491. The minimum absolute atomic E-state index is 0.0124. The zero-order valence-electron chi connectivity index (χ0n) is 10.4. The Morgan fingerprint density at radius 2 is 1.56 bits per heavy atom. The van der Waals surface area contributed by atoms with Crippen molar-refractivity contribution in [1.82, 2.24) is 0 Å². The highest BCUT2D eigenvalue weighted by Gasteiger charge is 2.09. The lowest BCUT2D eigenvalue weighted by Crippen LogP contribution is -2.11. The van der Waals surface area contributed by atoms with Crippen molar-refractivity contribution >= 4 is 5.78 Å². The van der Waals surface area contributed by atoms with E-state index in [0.29, 0.717) is 5.56 Å². The van der Waals surface area contributed by atoms with E-state index in [1.807, 2.05) is 55.5 Å². The van der Waals surface area contributed by atoms with Crippen LogP contribution in [-0.2, 0) is 4.74 Å². The molecule has 0 spiro atoms. The first-order valence-corrected chi connectivity index (χ1v) is 6.02. The first-order chi connectivity index (χ1) is 8.77. The van der Waals surface area contributed by atoms with Crippen LogP contribution in [0.25, 0.3) is 0 Å². The fraction of sp³-hybridized carbons (Fsp3) is 0.188. The average molecular weight is 240 g/mol. The number of ether oxygens (including phenoxy) is 1. The summed E-state index contributed by atoms with van der Waals surface area (Å²) >= 11 is 0. The number of hydrogen-bond acceptors (Lipinski definition) is 2. The van der Waals surface area contributed by atoms with E-state index in [0.717, 1.165) is 5.56 Å². The van der Waals surface area contributed by atoms with Crippen molar-refractivity contribution in [2.24, 2.45) is 0 Å². The highest BCUT2D eigenvalue weighted by Crippen LogP contribution is 2.16. The van der Waals surface area contributed by atoms with E-state index in [2.05, 4.69) is 0 Å². The summed E-state index contributed by atoms with van der Waals surface area (Å²) in [5.41, 5.74) is 1.77. The van der Waals surface area contributed by atoms with E-state index in [4.69, 9.17) is 4.74 Å². The van der Waals surface area contributed by atoms with Crippen LogP contribution in [0.2, 0.25) is 0 Å². The van der Waals surface area contributed by atoms with Gasteiger partial charge in [-0.25, -0.2) is 0 Å². The molecule has 0 saturated carbocycles. The van der Waals surface area contributed by atoms with Crippen molar-refractivity contribution < 1.29 is 9.53 Å². The smallest absolute Gasteiger partial charge is 0.188 e. The van der Waals surface area contributed by atoms with Crippen LogP contribution in [0.4, 0.5) is 0 Å². The van der Waals surface area contributed by atoms with Gasteiger partial charge < -0.3 is 4.74 Å². The van der Waals surface area contributed by atoms with E-state index in [-0.39, 0.29) is 18.5 Å². The van der Waals surface area contributed by atoms with Crippen molar-refractivity contribution in [3.05, 3.63) is 71.8 Å². The Balaban J connectivity index is 1.91. The number of hydrogen-bond donors (Lipinski definition) is 0. The van der Waals surface area contributed by atoms with E-state index in [9.17, 15) is 4.79 Å². The second-order valence-electron chi connectivity index (χ2n) is 4.15. The van der Waals surface area contributed by atoms with Gasteiger partial charge in [-0.1, -0.05) is 60.7 Å². The summed E-state index contributed by atoms with van der Waals surface area (Å²) in [4.78, 5) is 11.9. The van der Waals surface area contributed by atoms with Crippen LogP contribution >= 0.6 is 0 Å². The molecule has 0 aliphatic heterocycles. The zero-order chi connectivity index (χ0) is 12.8. The maximum atomic E-state index is 11.9. The monoisotopic (exact) mass is 240 g/mol. The summed E-state index contributed by atoms with van der Waals surface area (Å²) in [7, 11) is 0. The Kier molecular flexibility index (Phi) is 4.26. The molecule has 0 radical (unpaired) electrons. The van der Waals surface area contributed by atoms with Crippen molar-refractivity contribution in [3.63, 3.8) is 0 Å². The Labute approximate surface area is 107 Å². The molecule has 1 unspecified atom stereocenters. The van der Waals surface area contributed by atoms with E-state index >= 15 is 0 Å². The van der Waals surface area contributed by atoms with Gasteiger partial charge in [-0.2, -0.15) is 0 Å². The van der Waals surface area contributed by atoms with Gasteiger partial charge in [0, 0.05) is 5.56 Å². The van der Waals surface area contributed by atoms with E-state index < -0.39 is 0 Å². The van der Waals surface area contributed by atoms with Gasteiger partial charge >= 0.3 is 0 Å². The number of ketones is 1. The Morgan fingerprint density at radius 1 is 1.00 bits per heavy atom. The molecular weight excluding hydrogens is 224 g/mol. The maximum absolute atomic E-state index is 11.9. The molecule has 0 amide bonds. The van der Waals surface area contributed by atoms with Crippen molar-refractivity contribution in [3.8, 4) is 0 Å². The summed E-state index contributed by atoms with van der Waals surface area (Å²) < 4.78 is 5.59. The molecule has 0 aromatic heterocycles. The molecule has 2 rings (SSSR count). The predicted octanol–water partition coefficient (Wildman–Crippen LogP) is 3.65. The number of carbonyl (C=O) groups is 1. The highest BCUT2D eigenvalue weighted by molar-refractivity contribution is 5.97. The topological polar surface area (TPSA) is 26.3 Å². The van der Waals surface area contributed by atoms with E-state index in [1.54, 1.807) is 12.1 Å². The number of benzene rings is 2. The molecule has 0 aliphatic carbocycles. The third-order valence-electron chi connectivity index (χ3n) is 2.83. The molecule has 0 heterocycles. The van der Waals surface area contributed by atoms with Gasteiger partial charge in [0.15, 0.2) is 5.78 Å². The predicted molar refractivity (Wildman–Crippen MR) is 71.6 cm³/mol. The Morgan fingerprint density at radius 3 is 2.17 bits per heavy atom. The second-order valence-corrected chi connectivity index (χ2v) is 4.15. The van der Waals surface area contributed by atoms with Crippen LogP contribution in [-0.4, -0.2) is 12.4 Å². The fourth-order valence-electron chi connectivity index (χ4n) is 1.73.